The van der Waals surface area contributed by atoms with Crippen molar-refractivity contribution in [3.8, 4) is 0 Å². The van der Waals surface area contributed by atoms with E-state index < -0.39 is 0 Å². The number of benzene rings is 2. The number of rotatable bonds is 0. The van der Waals surface area contributed by atoms with Gasteiger partial charge in [0.15, 0.2) is 0 Å². The van der Waals surface area contributed by atoms with E-state index in [9.17, 15) is 0 Å². The van der Waals surface area contributed by atoms with Crippen LogP contribution in [0.3, 0.4) is 0 Å². The number of pyridine rings is 1. The van der Waals surface area contributed by atoms with Crippen molar-refractivity contribution in [1.29, 1.82) is 0 Å². The molecule has 2 aromatic heterocycles. The summed E-state index contributed by atoms with van der Waals surface area (Å²) in [6, 6.07) is 16.3. The van der Waals surface area contributed by atoms with Gasteiger partial charge in [0.25, 0.3) is 0 Å². The molecule has 4 aromatic rings. The van der Waals surface area contributed by atoms with Gasteiger partial charge >= 0.3 is 0 Å². The molecule has 0 bridgehead atoms. The molecule has 0 radical (unpaired) electrons. The maximum Gasteiger partial charge on any atom is 0.0982 e. The Bertz CT molecular complexity index is 938. The van der Waals surface area contributed by atoms with E-state index in [-0.39, 0.29) is 0 Å². The first-order valence-corrected chi connectivity index (χ1v) is 6.56. The molecule has 0 unspecified atom stereocenters. The van der Waals surface area contributed by atoms with Crippen molar-refractivity contribution in [2.75, 3.05) is 0 Å². The lowest BCUT2D eigenvalue weighted by Crippen LogP contribution is -1.87. The molecule has 0 aliphatic heterocycles. The average molecular weight is 267 g/mol. The van der Waals surface area contributed by atoms with Gasteiger partial charge in [0.05, 0.1) is 27.1 Å². The Morgan fingerprint density at radius 1 is 1.00 bits per heavy atom. The smallest absolute Gasteiger partial charge is 0.0982 e. The molecule has 0 saturated heterocycles. The lowest BCUT2D eigenvalue weighted by molar-refractivity contribution is 1.01. The lowest BCUT2D eigenvalue weighted by Gasteiger charge is -1.99. The Labute approximate surface area is 115 Å². The lowest BCUT2D eigenvalue weighted by atomic mass is 10.2. The second kappa shape index (κ2) is 3.72. The van der Waals surface area contributed by atoms with Crippen LogP contribution in [0.5, 0.6) is 0 Å². The van der Waals surface area contributed by atoms with Gasteiger partial charge in [-0.05, 0) is 24.3 Å². The Morgan fingerprint density at radius 2 is 1.84 bits per heavy atom. The largest absolute Gasteiger partial charge is 0.342 e. The standard InChI is InChI=1S/C16H11ClN2/c1-19-13-8-4-6-11(17)15(13)16-14(19)9-10-5-2-3-7-12(10)18-16/h2-9H,1H3. The topological polar surface area (TPSA) is 17.8 Å². The molecule has 0 fully saturated rings. The van der Waals surface area contributed by atoms with Gasteiger partial charge in [0.1, 0.15) is 0 Å². The van der Waals surface area contributed by atoms with E-state index in [2.05, 4.69) is 29.8 Å². The van der Waals surface area contributed by atoms with E-state index in [1.807, 2.05) is 30.3 Å². The zero-order valence-corrected chi connectivity index (χ0v) is 11.1. The Balaban J connectivity index is 2.34. The number of aromatic nitrogens is 2. The van der Waals surface area contributed by atoms with E-state index >= 15 is 0 Å². The first kappa shape index (κ1) is 10.8. The molecule has 2 heterocycles. The van der Waals surface area contributed by atoms with Gasteiger partial charge in [-0.3, -0.25) is 0 Å². The van der Waals surface area contributed by atoms with E-state index in [1.165, 1.54) is 0 Å². The van der Waals surface area contributed by atoms with Crippen LogP contribution in [0.4, 0.5) is 0 Å². The van der Waals surface area contributed by atoms with Gasteiger partial charge in [0.2, 0.25) is 0 Å². The minimum atomic E-state index is 0.755. The van der Waals surface area contributed by atoms with Crippen LogP contribution in [-0.2, 0) is 7.05 Å². The Hall–Kier alpha value is -2.06. The highest BCUT2D eigenvalue weighted by atomic mass is 35.5. The van der Waals surface area contributed by atoms with Gasteiger partial charge in [-0.1, -0.05) is 35.9 Å². The molecule has 0 atom stereocenters. The first-order valence-electron chi connectivity index (χ1n) is 6.18. The summed E-state index contributed by atoms with van der Waals surface area (Å²) in [5.74, 6) is 0. The minimum Gasteiger partial charge on any atom is -0.342 e. The highest BCUT2D eigenvalue weighted by Gasteiger charge is 2.12. The van der Waals surface area contributed by atoms with Crippen LogP contribution in [0.15, 0.2) is 48.5 Å². The number of fused-ring (bicyclic) bond motifs is 4. The predicted molar refractivity (Wildman–Crippen MR) is 80.7 cm³/mol. The molecule has 4 rings (SSSR count). The molecule has 0 amide bonds. The number of nitrogens with zero attached hydrogens (tertiary/aromatic N) is 2. The third kappa shape index (κ3) is 1.41. The summed E-state index contributed by atoms with van der Waals surface area (Å²) in [5.41, 5.74) is 4.20. The Morgan fingerprint density at radius 3 is 2.74 bits per heavy atom. The molecular weight excluding hydrogens is 256 g/mol. The van der Waals surface area contributed by atoms with Crippen molar-refractivity contribution in [2.45, 2.75) is 0 Å². The fraction of sp³-hybridized carbons (Fsp3) is 0.0625. The summed E-state index contributed by atoms with van der Waals surface area (Å²) in [6.45, 7) is 0. The molecule has 0 N–H and O–H groups in total. The zero-order chi connectivity index (χ0) is 13.0. The summed E-state index contributed by atoms with van der Waals surface area (Å²) in [4.78, 5) is 4.78. The zero-order valence-electron chi connectivity index (χ0n) is 10.4. The fourth-order valence-electron chi connectivity index (χ4n) is 2.70. The van der Waals surface area contributed by atoms with Crippen molar-refractivity contribution in [3.63, 3.8) is 0 Å². The molecule has 0 aliphatic rings. The van der Waals surface area contributed by atoms with Crippen molar-refractivity contribution in [3.05, 3.63) is 53.6 Å². The fourth-order valence-corrected chi connectivity index (χ4v) is 2.96. The quantitative estimate of drug-likeness (QED) is 0.457. The van der Waals surface area contributed by atoms with Crippen molar-refractivity contribution in [1.82, 2.24) is 9.55 Å². The number of hydrogen-bond acceptors (Lipinski definition) is 1. The van der Waals surface area contributed by atoms with Gasteiger partial charge < -0.3 is 4.57 Å². The van der Waals surface area contributed by atoms with Crippen molar-refractivity contribution < 1.29 is 0 Å². The molecule has 19 heavy (non-hydrogen) atoms. The van der Waals surface area contributed by atoms with Crippen molar-refractivity contribution >= 4 is 44.4 Å². The molecule has 0 spiro atoms. The number of para-hydroxylation sites is 1. The van der Waals surface area contributed by atoms with E-state index in [4.69, 9.17) is 16.6 Å². The SMILES string of the molecule is Cn1c2cc3ccccc3nc2c2c(Cl)cccc21. The predicted octanol–water partition coefficient (Wildman–Crippen LogP) is 4.53. The number of halogens is 1. The molecule has 92 valence electrons. The van der Waals surface area contributed by atoms with Gasteiger partial charge in [-0.25, -0.2) is 4.98 Å². The van der Waals surface area contributed by atoms with Crippen LogP contribution in [0.25, 0.3) is 32.8 Å². The molecule has 3 heteroatoms. The molecule has 2 nitrogen and oxygen atoms in total. The van der Waals surface area contributed by atoms with E-state index in [0.717, 1.165) is 37.9 Å². The summed E-state index contributed by atoms with van der Waals surface area (Å²) in [5, 5.41) is 2.94. The third-order valence-corrected chi connectivity index (χ3v) is 3.97. The van der Waals surface area contributed by atoms with Crippen LogP contribution >= 0.6 is 11.6 Å². The maximum atomic E-state index is 6.35. The second-order valence-electron chi connectivity index (χ2n) is 4.74. The van der Waals surface area contributed by atoms with Crippen molar-refractivity contribution in [2.24, 2.45) is 7.05 Å². The third-order valence-electron chi connectivity index (χ3n) is 3.65. The maximum absolute atomic E-state index is 6.35. The van der Waals surface area contributed by atoms with Gasteiger partial charge in [0, 0.05) is 17.8 Å². The van der Waals surface area contributed by atoms with Crippen LogP contribution in [0.2, 0.25) is 5.02 Å². The Kier molecular flexibility index (Phi) is 2.12. The summed E-state index contributed by atoms with van der Waals surface area (Å²) in [6.07, 6.45) is 0. The average Bonchev–Trinajstić information content (AvgIpc) is 2.71. The first-order chi connectivity index (χ1) is 9.25. The molecular formula is C16H11ClN2. The van der Waals surface area contributed by atoms with Crippen LogP contribution in [0, 0.1) is 0 Å². The van der Waals surface area contributed by atoms with Gasteiger partial charge in [-0.15, -0.1) is 0 Å². The minimum absolute atomic E-state index is 0.755. The van der Waals surface area contributed by atoms with Crippen LogP contribution in [-0.4, -0.2) is 9.55 Å². The summed E-state index contributed by atoms with van der Waals surface area (Å²) < 4.78 is 2.15. The van der Waals surface area contributed by atoms with E-state index in [0.29, 0.717) is 0 Å². The highest BCUT2D eigenvalue weighted by Crippen LogP contribution is 2.33. The molecule has 0 aliphatic carbocycles. The monoisotopic (exact) mass is 266 g/mol. The van der Waals surface area contributed by atoms with Crippen LogP contribution in [0.1, 0.15) is 0 Å². The van der Waals surface area contributed by atoms with Crippen LogP contribution < -0.4 is 0 Å². The van der Waals surface area contributed by atoms with E-state index in [1.54, 1.807) is 0 Å². The molecule has 0 saturated carbocycles. The summed E-state index contributed by atoms with van der Waals surface area (Å²) >= 11 is 6.35. The molecule has 2 aromatic carbocycles. The number of aryl methyl sites for hydroxylation is 1. The summed E-state index contributed by atoms with van der Waals surface area (Å²) in [7, 11) is 2.05. The van der Waals surface area contributed by atoms with Gasteiger partial charge in [-0.2, -0.15) is 0 Å². The normalized spacial score (nSPS) is 11.7. The highest BCUT2D eigenvalue weighted by molar-refractivity contribution is 6.37. The number of hydrogen-bond donors (Lipinski definition) is 0. The second-order valence-corrected chi connectivity index (χ2v) is 5.15.